The molecule has 0 spiro atoms. The van der Waals surface area contributed by atoms with E-state index in [4.69, 9.17) is 4.74 Å². The van der Waals surface area contributed by atoms with E-state index in [2.05, 4.69) is 60.7 Å². The summed E-state index contributed by atoms with van der Waals surface area (Å²) in [5.41, 5.74) is 2.34. The van der Waals surface area contributed by atoms with Gasteiger partial charge in [-0.05, 0) is 36.2 Å². The number of aliphatic imine (C=N–C) groups is 1. The van der Waals surface area contributed by atoms with Crippen molar-refractivity contribution in [2.45, 2.75) is 18.9 Å². The number of hydrogen-bond acceptors (Lipinski definition) is 4. The summed E-state index contributed by atoms with van der Waals surface area (Å²) >= 11 is 0. The van der Waals surface area contributed by atoms with Crippen molar-refractivity contribution >= 4 is 29.9 Å². The van der Waals surface area contributed by atoms with E-state index < -0.39 is 0 Å². The smallest absolute Gasteiger partial charge is 0.194 e. The van der Waals surface area contributed by atoms with Crippen LogP contribution in [0.25, 0.3) is 11.4 Å². The second-order valence-corrected chi connectivity index (χ2v) is 7.08. The number of aromatic nitrogens is 3. The van der Waals surface area contributed by atoms with Crippen LogP contribution in [0.15, 0.2) is 59.6 Å². The van der Waals surface area contributed by atoms with Gasteiger partial charge in [-0.15, -0.1) is 24.0 Å². The van der Waals surface area contributed by atoms with Crippen LogP contribution in [0.4, 0.5) is 0 Å². The Hall–Kier alpha value is -2.62. The van der Waals surface area contributed by atoms with Gasteiger partial charge in [0.1, 0.15) is 11.6 Å². The van der Waals surface area contributed by atoms with Gasteiger partial charge in [0.2, 0.25) is 0 Å². The third kappa shape index (κ3) is 5.10. The average Bonchev–Trinajstić information content (AvgIpc) is 3.45. The Balaban J connectivity index is 0.00000256. The Labute approximate surface area is 194 Å². The van der Waals surface area contributed by atoms with Crippen molar-refractivity contribution in [2.24, 2.45) is 4.99 Å². The van der Waals surface area contributed by atoms with E-state index in [9.17, 15) is 0 Å². The molecule has 1 unspecified atom stereocenters. The molecule has 30 heavy (non-hydrogen) atoms. The van der Waals surface area contributed by atoms with Crippen molar-refractivity contribution in [1.29, 1.82) is 0 Å². The van der Waals surface area contributed by atoms with Crippen LogP contribution in [0.5, 0.6) is 5.75 Å². The molecule has 7 nitrogen and oxygen atoms in total. The van der Waals surface area contributed by atoms with E-state index in [1.807, 2.05) is 31.3 Å². The first kappa shape index (κ1) is 22.1. The number of guanidine groups is 1. The predicted molar refractivity (Wildman–Crippen MR) is 129 cm³/mol. The molecule has 4 rings (SSSR count). The Morgan fingerprint density at radius 2 is 1.97 bits per heavy atom. The molecule has 1 aliphatic heterocycles. The number of ether oxygens (including phenoxy) is 1. The van der Waals surface area contributed by atoms with Gasteiger partial charge in [-0.1, -0.05) is 30.3 Å². The first-order valence-corrected chi connectivity index (χ1v) is 9.83. The Morgan fingerprint density at radius 1 is 1.20 bits per heavy atom. The van der Waals surface area contributed by atoms with Crippen LogP contribution in [0.2, 0.25) is 0 Å². The molecule has 1 saturated heterocycles. The molecule has 158 valence electrons. The monoisotopic (exact) mass is 518 g/mol. The lowest BCUT2D eigenvalue weighted by Gasteiger charge is -2.21. The number of nitrogens with zero attached hydrogens (tertiary/aromatic N) is 4. The summed E-state index contributed by atoms with van der Waals surface area (Å²) in [6.45, 7) is 2.51. The topological polar surface area (TPSA) is 78.4 Å². The lowest BCUT2D eigenvalue weighted by molar-refractivity contribution is 0.415. The van der Waals surface area contributed by atoms with E-state index >= 15 is 0 Å². The quantitative estimate of drug-likeness (QED) is 0.306. The van der Waals surface area contributed by atoms with Gasteiger partial charge in [0.15, 0.2) is 11.8 Å². The third-order valence-electron chi connectivity index (χ3n) is 5.26. The fourth-order valence-corrected chi connectivity index (χ4v) is 3.69. The number of aromatic amines is 1. The van der Waals surface area contributed by atoms with Crippen LogP contribution in [-0.2, 0) is 6.54 Å². The Bertz CT molecular complexity index is 957. The minimum atomic E-state index is 0. The maximum Gasteiger partial charge on any atom is 0.194 e. The van der Waals surface area contributed by atoms with Crippen LogP contribution in [-0.4, -0.2) is 53.3 Å². The van der Waals surface area contributed by atoms with E-state index in [0.717, 1.165) is 42.6 Å². The highest BCUT2D eigenvalue weighted by atomic mass is 127. The van der Waals surface area contributed by atoms with Gasteiger partial charge in [0.25, 0.3) is 0 Å². The van der Waals surface area contributed by atoms with Gasteiger partial charge < -0.3 is 15.0 Å². The largest absolute Gasteiger partial charge is 0.497 e. The number of rotatable bonds is 5. The number of likely N-dealkylation sites (tertiary alicyclic amines) is 1. The average molecular weight is 518 g/mol. The summed E-state index contributed by atoms with van der Waals surface area (Å²) in [6, 6.07) is 18.4. The number of nitrogens with one attached hydrogen (secondary N) is 2. The maximum absolute atomic E-state index is 5.20. The second kappa shape index (κ2) is 10.4. The molecule has 0 bridgehead atoms. The zero-order chi connectivity index (χ0) is 20.1. The van der Waals surface area contributed by atoms with Crippen LogP contribution in [0.3, 0.4) is 0 Å². The van der Waals surface area contributed by atoms with Crippen LogP contribution >= 0.6 is 24.0 Å². The van der Waals surface area contributed by atoms with Crippen LogP contribution in [0, 0.1) is 0 Å². The SMILES string of the molecule is CN=C(NCc1nc(-c2ccc(OC)cc2)n[nH]1)N1CCC(c2ccccc2)C1.I. The molecule has 3 aromatic rings. The van der Waals surface area contributed by atoms with Gasteiger partial charge in [-0.2, -0.15) is 5.10 Å². The summed E-state index contributed by atoms with van der Waals surface area (Å²) in [5, 5.41) is 10.7. The van der Waals surface area contributed by atoms with Crippen molar-refractivity contribution in [2.75, 3.05) is 27.2 Å². The van der Waals surface area contributed by atoms with Gasteiger partial charge in [0, 0.05) is 31.6 Å². The van der Waals surface area contributed by atoms with Crippen molar-refractivity contribution in [1.82, 2.24) is 25.4 Å². The Kier molecular flexibility index (Phi) is 7.67. The molecule has 0 saturated carbocycles. The van der Waals surface area contributed by atoms with Crippen molar-refractivity contribution in [3.63, 3.8) is 0 Å². The van der Waals surface area contributed by atoms with Gasteiger partial charge in [-0.25, -0.2) is 4.98 Å². The van der Waals surface area contributed by atoms with Crippen molar-refractivity contribution < 1.29 is 4.74 Å². The molecular formula is C22H27IN6O. The van der Waals surface area contributed by atoms with Crippen LogP contribution in [0.1, 0.15) is 23.7 Å². The molecule has 1 aliphatic rings. The lowest BCUT2D eigenvalue weighted by Crippen LogP contribution is -2.39. The second-order valence-electron chi connectivity index (χ2n) is 7.08. The fourth-order valence-electron chi connectivity index (χ4n) is 3.69. The third-order valence-corrected chi connectivity index (χ3v) is 5.26. The highest BCUT2D eigenvalue weighted by Gasteiger charge is 2.25. The summed E-state index contributed by atoms with van der Waals surface area (Å²) in [7, 11) is 3.47. The first-order chi connectivity index (χ1) is 14.3. The van der Waals surface area contributed by atoms with Crippen LogP contribution < -0.4 is 10.1 Å². The molecule has 1 fully saturated rings. The van der Waals surface area contributed by atoms with Gasteiger partial charge in [0.05, 0.1) is 13.7 Å². The zero-order valence-electron chi connectivity index (χ0n) is 17.2. The van der Waals surface area contributed by atoms with Crippen molar-refractivity contribution in [3.8, 4) is 17.1 Å². The van der Waals surface area contributed by atoms with Gasteiger partial charge >= 0.3 is 0 Å². The molecule has 2 heterocycles. The standard InChI is InChI=1S/C22H26N6O.HI/c1-23-22(28-13-12-18(15-28)16-6-4-3-5-7-16)24-14-20-25-21(27-26-20)17-8-10-19(29-2)11-9-17;/h3-11,18H,12-15H2,1-2H3,(H,23,24)(H,25,26,27);1H. The Morgan fingerprint density at radius 3 is 2.67 bits per heavy atom. The number of H-pyrrole nitrogens is 1. The minimum Gasteiger partial charge on any atom is -0.497 e. The molecule has 2 N–H and O–H groups in total. The highest BCUT2D eigenvalue weighted by Crippen LogP contribution is 2.27. The van der Waals surface area contributed by atoms with Crippen molar-refractivity contribution in [3.05, 3.63) is 66.0 Å². The number of benzene rings is 2. The number of hydrogen-bond donors (Lipinski definition) is 2. The highest BCUT2D eigenvalue weighted by molar-refractivity contribution is 14.0. The minimum absolute atomic E-state index is 0. The zero-order valence-corrected chi connectivity index (χ0v) is 19.5. The first-order valence-electron chi connectivity index (χ1n) is 9.83. The van der Waals surface area contributed by atoms with E-state index in [1.54, 1.807) is 7.11 Å². The summed E-state index contributed by atoms with van der Waals surface area (Å²) in [6.07, 6.45) is 1.13. The normalized spacial score (nSPS) is 16.3. The molecule has 0 amide bonds. The molecule has 2 aromatic carbocycles. The molecule has 1 aromatic heterocycles. The number of halogens is 1. The fraction of sp³-hybridized carbons (Fsp3) is 0.318. The molecule has 1 atom stereocenters. The lowest BCUT2D eigenvalue weighted by atomic mass is 9.99. The summed E-state index contributed by atoms with van der Waals surface area (Å²) in [4.78, 5) is 11.3. The van der Waals surface area contributed by atoms with E-state index in [1.165, 1.54) is 5.56 Å². The van der Waals surface area contributed by atoms with E-state index in [-0.39, 0.29) is 24.0 Å². The molecule has 8 heteroatoms. The van der Waals surface area contributed by atoms with E-state index in [0.29, 0.717) is 18.3 Å². The number of methoxy groups -OCH3 is 1. The summed E-state index contributed by atoms with van der Waals surface area (Å²) < 4.78 is 5.20. The maximum atomic E-state index is 5.20. The molecule has 0 radical (unpaired) electrons. The molecule has 0 aliphatic carbocycles. The molecular weight excluding hydrogens is 491 g/mol. The summed E-state index contributed by atoms with van der Waals surface area (Å²) in [5.74, 6) is 3.70. The van der Waals surface area contributed by atoms with Gasteiger partial charge in [-0.3, -0.25) is 10.1 Å². The predicted octanol–water partition coefficient (Wildman–Crippen LogP) is 3.66.